The van der Waals surface area contributed by atoms with Gasteiger partial charge in [0, 0.05) is 12.2 Å². The molecule has 0 amide bonds. The van der Waals surface area contributed by atoms with E-state index in [1.807, 2.05) is 25.1 Å². The second-order valence-corrected chi connectivity index (χ2v) is 4.00. The van der Waals surface area contributed by atoms with Crippen LogP contribution in [0, 0.1) is 6.92 Å². The molecule has 0 unspecified atom stereocenters. The van der Waals surface area contributed by atoms with E-state index in [1.54, 1.807) is 0 Å². The molecule has 0 saturated carbocycles. The molecule has 1 N–H and O–H groups in total. The monoisotopic (exact) mass is 234 g/mol. The number of aromatic nitrogens is 1. The minimum absolute atomic E-state index is 0.662. The van der Waals surface area contributed by atoms with Gasteiger partial charge in [-0.2, -0.15) is 0 Å². The van der Waals surface area contributed by atoms with Crippen LogP contribution in [0.1, 0.15) is 31.2 Å². The summed E-state index contributed by atoms with van der Waals surface area (Å²) in [5, 5.41) is 3.35. The number of hydrogen-bond acceptors (Lipinski definition) is 3. The number of nitrogens with zero attached hydrogens (tertiary/aromatic N) is 1. The highest BCUT2D eigenvalue weighted by atomic mass is 16.5. The minimum atomic E-state index is 0.662. The Hall–Kier alpha value is -1.35. The molecular weight excluding hydrogens is 212 g/mol. The smallest absolute Gasteiger partial charge is 0.142 e. The number of ether oxygens (including phenoxy) is 1. The van der Waals surface area contributed by atoms with E-state index in [1.165, 1.54) is 0 Å². The van der Waals surface area contributed by atoms with Crippen molar-refractivity contribution in [3.63, 3.8) is 0 Å². The number of pyridine rings is 1. The van der Waals surface area contributed by atoms with Gasteiger partial charge in [0.15, 0.2) is 0 Å². The fourth-order valence-corrected chi connectivity index (χ4v) is 1.49. The molecule has 1 aromatic heterocycles. The maximum Gasteiger partial charge on any atom is 0.142 e. The van der Waals surface area contributed by atoms with Gasteiger partial charge < -0.3 is 10.1 Å². The van der Waals surface area contributed by atoms with Crippen molar-refractivity contribution in [2.75, 3.05) is 13.2 Å². The summed E-state index contributed by atoms with van der Waals surface area (Å²) in [6, 6.07) is 3.97. The first-order chi connectivity index (χ1) is 8.27. The van der Waals surface area contributed by atoms with Crippen LogP contribution in [0.3, 0.4) is 0 Å². The van der Waals surface area contributed by atoms with E-state index in [0.717, 1.165) is 43.1 Å². The molecule has 3 heteroatoms. The summed E-state index contributed by atoms with van der Waals surface area (Å²) in [5.74, 6) is 0.876. The van der Waals surface area contributed by atoms with Gasteiger partial charge in [-0.3, -0.25) is 4.98 Å². The van der Waals surface area contributed by atoms with Crippen LogP contribution in [0.4, 0.5) is 0 Å². The fourth-order valence-electron chi connectivity index (χ4n) is 1.49. The molecule has 3 nitrogen and oxygen atoms in total. The molecule has 0 bridgehead atoms. The van der Waals surface area contributed by atoms with E-state index in [2.05, 4.69) is 23.8 Å². The predicted octanol–water partition coefficient (Wildman–Crippen LogP) is 2.84. The van der Waals surface area contributed by atoms with E-state index in [-0.39, 0.29) is 0 Å². The first-order valence-electron chi connectivity index (χ1n) is 6.18. The van der Waals surface area contributed by atoms with Gasteiger partial charge in [0.2, 0.25) is 0 Å². The maximum atomic E-state index is 5.69. The molecule has 0 spiro atoms. The fraction of sp³-hybridized carbons (Fsp3) is 0.500. The van der Waals surface area contributed by atoms with Gasteiger partial charge in [0.1, 0.15) is 5.75 Å². The Kier molecular flexibility index (Phi) is 6.33. The summed E-state index contributed by atoms with van der Waals surface area (Å²) < 4.78 is 5.69. The van der Waals surface area contributed by atoms with Gasteiger partial charge in [0.05, 0.1) is 12.3 Å². The van der Waals surface area contributed by atoms with Crippen LogP contribution in [0.25, 0.3) is 0 Å². The average Bonchev–Trinajstić information content (AvgIpc) is 2.32. The zero-order chi connectivity index (χ0) is 12.5. The Morgan fingerprint density at radius 2 is 2.29 bits per heavy atom. The van der Waals surface area contributed by atoms with Crippen LogP contribution < -0.4 is 10.1 Å². The standard InChI is InChI=1S/C14H22N2O/c1-4-6-10-17-14-8-7-12(3)16-13(14)11-15-9-5-2/h4,7-8,15H,1,5-6,9-11H2,2-3H3. The third-order valence-electron chi connectivity index (χ3n) is 2.37. The van der Waals surface area contributed by atoms with Crippen LogP contribution >= 0.6 is 0 Å². The summed E-state index contributed by atoms with van der Waals surface area (Å²) >= 11 is 0. The van der Waals surface area contributed by atoms with Crippen molar-refractivity contribution in [3.8, 4) is 5.75 Å². The van der Waals surface area contributed by atoms with Gasteiger partial charge in [-0.1, -0.05) is 13.0 Å². The Bertz CT molecular complexity index is 350. The highest BCUT2D eigenvalue weighted by Crippen LogP contribution is 2.17. The molecule has 0 saturated heterocycles. The van der Waals surface area contributed by atoms with Crippen LogP contribution in [0.15, 0.2) is 24.8 Å². The molecule has 0 fully saturated rings. The molecule has 94 valence electrons. The Morgan fingerprint density at radius 3 is 3.00 bits per heavy atom. The largest absolute Gasteiger partial charge is 0.491 e. The first kappa shape index (κ1) is 13.7. The molecule has 0 aromatic carbocycles. The lowest BCUT2D eigenvalue weighted by atomic mass is 10.2. The maximum absolute atomic E-state index is 5.69. The molecule has 0 atom stereocenters. The lowest BCUT2D eigenvalue weighted by Gasteiger charge is -2.11. The molecule has 0 aliphatic heterocycles. The summed E-state index contributed by atoms with van der Waals surface area (Å²) in [7, 11) is 0. The molecule has 0 aliphatic carbocycles. The third kappa shape index (κ3) is 5.00. The topological polar surface area (TPSA) is 34.1 Å². The van der Waals surface area contributed by atoms with Crippen molar-refractivity contribution in [2.24, 2.45) is 0 Å². The van der Waals surface area contributed by atoms with Gasteiger partial charge in [-0.25, -0.2) is 0 Å². The molecule has 1 rings (SSSR count). The quantitative estimate of drug-likeness (QED) is 0.555. The summed E-state index contributed by atoms with van der Waals surface area (Å²) in [6.45, 7) is 10.3. The number of rotatable bonds is 8. The second kappa shape index (κ2) is 7.85. The molecule has 0 radical (unpaired) electrons. The van der Waals surface area contributed by atoms with Gasteiger partial charge in [-0.15, -0.1) is 6.58 Å². The molecule has 1 aromatic rings. The molecule has 17 heavy (non-hydrogen) atoms. The highest BCUT2D eigenvalue weighted by Gasteiger charge is 2.05. The Morgan fingerprint density at radius 1 is 1.47 bits per heavy atom. The van der Waals surface area contributed by atoms with E-state index < -0.39 is 0 Å². The van der Waals surface area contributed by atoms with Crippen molar-refractivity contribution < 1.29 is 4.74 Å². The van der Waals surface area contributed by atoms with Gasteiger partial charge in [0.25, 0.3) is 0 Å². The SMILES string of the molecule is C=CCCOc1ccc(C)nc1CNCCC. The van der Waals surface area contributed by atoms with E-state index in [9.17, 15) is 0 Å². The van der Waals surface area contributed by atoms with Gasteiger partial charge >= 0.3 is 0 Å². The Balaban J connectivity index is 2.62. The second-order valence-electron chi connectivity index (χ2n) is 4.00. The van der Waals surface area contributed by atoms with Crippen molar-refractivity contribution in [1.29, 1.82) is 0 Å². The highest BCUT2D eigenvalue weighted by molar-refractivity contribution is 5.29. The number of aryl methyl sites for hydroxylation is 1. The molecule has 0 aliphatic rings. The van der Waals surface area contributed by atoms with Crippen LogP contribution in [0.5, 0.6) is 5.75 Å². The lowest BCUT2D eigenvalue weighted by molar-refractivity contribution is 0.318. The number of hydrogen-bond donors (Lipinski definition) is 1. The summed E-state index contributed by atoms with van der Waals surface area (Å²) in [5.41, 5.74) is 2.01. The van der Waals surface area contributed by atoms with Gasteiger partial charge in [-0.05, 0) is 38.4 Å². The molecule has 1 heterocycles. The summed E-state index contributed by atoms with van der Waals surface area (Å²) in [4.78, 5) is 4.51. The predicted molar refractivity (Wildman–Crippen MR) is 71.3 cm³/mol. The van der Waals surface area contributed by atoms with Crippen molar-refractivity contribution >= 4 is 0 Å². The Labute approximate surface area is 104 Å². The lowest BCUT2D eigenvalue weighted by Crippen LogP contribution is -2.16. The van der Waals surface area contributed by atoms with E-state index in [4.69, 9.17) is 4.74 Å². The average molecular weight is 234 g/mol. The summed E-state index contributed by atoms with van der Waals surface area (Å²) in [6.07, 6.45) is 3.84. The van der Waals surface area contributed by atoms with Crippen molar-refractivity contribution in [2.45, 2.75) is 33.2 Å². The normalized spacial score (nSPS) is 10.2. The third-order valence-corrected chi connectivity index (χ3v) is 2.37. The van der Waals surface area contributed by atoms with Crippen molar-refractivity contribution in [3.05, 3.63) is 36.2 Å². The minimum Gasteiger partial charge on any atom is -0.491 e. The van der Waals surface area contributed by atoms with Crippen LogP contribution in [0.2, 0.25) is 0 Å². The van der Waals surface area contributed by atoms with Crippen LogP contribution in [-0.4, -0.2) is 18.1 Å². The van der Waals surface area contributed by atoms with E-state index in [0.29, 0.717) is 6.61 Å². The number of nitrogens with one attached hydrogen (secondary N) is 1. The zero-order valence-electron chi connectivity index (χ0n) is 10.8. The zero-order valence-corrected chi connectivity index (χ0v) is 10.8. The molecular formula is C14H22N2O. The van der Waals surface area contributed by atoms with E-state index >= 15 is 0 Å². The first-order valence-corrected chi connectivity index (χ1v) is 6.18. The van der Waals surface area contributed by atoms with Crippen LogP contribution in [-0.2, 0) is 6.54 Å². The van der Waals surface area contributed by atoms with Crippen molar-refractivity contribution in [1.82, 2.24) is 10.3 Å².